The minimum Gasteiger partial charge on any atom is -0.338 e. The van der Waals surface area contributed by atoms with Crippen molar-refractivity contribution < 1.29 is 9.59 Å². The second-order valence-electron chi connectivity index (χ2n) is 6.99. The van der Waals surface area contributed by atoms with E-state index >= 15 is 0 Å². The second-order valence-corrected chi connectivity index (χ2v) is 6.99. The molecule has 2 aromatic carbocycles. The smallest absolute Gasteiger partial charge is 0.321 e. The topological polar surface area (TPSA) is 79.3 Å². The average Bonchev–Trinajstić information content (AvgIpc) is 3.36. The summed E-state index contributed by atoms with van der Waals surface area (Å²) in [6.45, 7) is 5.11. The van der Waals surface area contributed by atoms with Gasteiger partial charge < -0.3 is 10.6 Å². The molecule has 3 amide bonds. The summed E-state index contributed by atoms with van der Waals surface area (Å²) in [6.07, 6.45) is 4.08. The molecule has 2 N–H and O–H groups in total. The number of urea groups is 1. The molecule has 148 valence electrons. The van der Waals surface area contributed by atoms with Gasteiger partial charge in [0.2, 0.25) is 0 Å². The number of para-hydroxylation sites is 1. The number of rotatable bonds is 4. The van der Waals surface area contributed by atoms with Gasteiger partial charge in [0.15, 0.2) is 0 Å². The van der Waals surface area contributed by atoms with E-state index in [9.17, 15) is 9.59 Å². The number of nitrogens with zero attached hydrogens (tertiary/aromatic N) is 3. The van der Waals surface area contributed by atoms with Crippen LogP contribution in [0.15, 0.2) is 54.9 Å². The molecule has 4 rings (SSSR count). The maximum absolute atomic E-state index is 12.7. The average molecular weight is 389 g/mol. The van der Waals surface area contributed by atoms with Gasteiger partial charge in [0.25, 0.3) is 5.91 Å². The number of amides is 3. The molecule has 0 bridgehead atoms. The fourth-order valence-corrected chi connectivity index (χ4v) is 3.51. The van der Waals surface area contributed by atoms with Gasteiger partial charge >= 0.3 is 6.03 Å². The predicted molar refractivity (Wildman–Crippen MR) is 113 cm³/mol. The third-order valence-corrected chi connectivity index (χ3v) is 5.02. The number of nitrogens with one attached hydrogen (secondary N) is 2. The molecule has 2 heterocycles. The quantitative estimate of drug-likeness (QED) is 0.716. The van der Waals surface area contributed by atoms with Crippen molar-refractivity contribution >= 4 is 23.3 Å². The fourth-order valence-electron chi connectivity index (χ4n) is 3.51. The van der Waals surface area contributed by atoms with Gasteiger partial charge in [-0.3, -0.25) is 9.69 Å². The van der Waals surface area contributed by atoms with E-state index in [1.807, 2.05) is 56.3 Å². The molecule has 0 radical (unpaired) electrons. The maximum atomic E-state index is 12.7. The lowest BCUT2D eigenvalue weighted by molar-refractivity contribution is 0.102. The van der Waals surface area contributed by atoms with Crippen LogP contribution >= 0.6 is 0 Å². The lowest BCUT2D eigenvalue weighted by atomic mass is 10.1. The third kappa shape index (κ3) is 3.71. The van der Waals surface area contributed by atoms with Crippen LogP contribution in [0.3, 0.4) is 0 Å². The fraction of sp³-hybridized carbons (Fsp3) is 0.227. The van der Waals surface area contributed by atoms with Crippen molar-refractivity contribution in [2.24, 2.45) is 0 Å². The maximum Gasteiger partial charge on any atom is 0.321 e. The van der Waals surface area contributed by atoms with Crippen molar-refractivity contribution in [2.45, 2.75) is 20.3 Å². The first-order valence-corrected chi connectivity index (χ1v) is 9.67. The molecule has 0 aliphatic carbocycles. The van der Waals surface area contributed by atoms with E-state index in [4.69, 9.17) is 0 Å². The van der Waals surface area contributed by atoms with Crippen LogP contribution in [0, 0.1) is 6.92 Å². The summed E-state index contributed by atoms with van der Waals surface area (Å²) in [5.74, 6) is -0.243. The number of aromatic nitrogens is 2. The Labute approximate surface area is 169 Å². The predicted octanol–water partition coefficient (Wildman–Crippen LogP) is 3.53. The number of benzene rings is 2. The number of carbonyl (C=O) groups excluding carboxylic acids is 2. The molecular weight excluding hydrogens is 366 g/mol. The zero-order valence-corrected chi connectivity index (χ0v) is 16.5. The molecule has 0 saturated heterocycles. The standard InChI is InChI=1S/C22H23N5O2/c1-3-23-22(29)26-11-10-16-8-9-18(12-20(16)26)25-21(28)17-13-24-27(14-17)19-7-5-4-6-15(19)2/h4-9,12-14H,3,10-11H2,1-2H3,(H,23,29)(H,25,28). The normalized spacial score (nSPS) is 12.6. The Bertz CT molecular complexity index is 1070. The van der Waals surface area contributed by atoms with Gasteiger partial charge in [-0.1, -0.05) is 24.3 Å². The van der Waals surface area contributed by atoms with Crippen LogP contribution in [0.25, 0.3) is 5.69 Å². The van der Waals surface area contributed by atoms with E-state index in [1.54, 1.807) is 22.0 Å². The zero-order chi connectivity index (χ0) is 20.4. The Balaban J connectivity index is 1.52. The highest BCUT2D eigenvalue weighted by Crippen LogP contribution is 2.31. The molecule has 1 aliphatic heterocycles. The van der Waals surface area contributed by atoms with Crippen molar-refractivity contribution in [3.8, 4) is 5.69 Å². The minimum absolute atomic E-state index is 0.116. The molecular formula is C22H23N5O2. The van der Waals surface area contributed by atoms with Crippen molar-refractivity contribution in [2.75, 3.05) is 23.3 Å². The van der Waals surface area contributed by atoms with Crippen LogP contribution < -0.4 is 15.5 Å². The lowest BCUT2D eigenvalue weighted by Crippen LogP contribution is -2.38. The Morgan fingerprint density at radius 1 is 1.14 bits per heavy atom. The summed E-state index contributed by atoms with van der Waals surface area (Å²) < 4.78 is 1.70. The van der Waals surface area contributed by atoms with Gasteiger partial charge in [0.05, 0.1) is 23.1 Å². The minimum atomic E-state index is -0.243. The molecule has 1 aliphatic rings. The van der Waals surface area contributed by atoms with Crippen LogP contribution in [0.1, 0.15) is 28.4 Å². The monoisotopic (exact) mass is 389 g/mol. The molecule has 0 spiro atoms. The highest BCUT2D eigenvalue weighted by molar-refractivity contribution is 6.04. The Morgan fingerprint density at radius 2 is 1.97 bits per heavy atom. The number of hydrogen-bond acceptors (Lipinski definition) is 3. The summed E-state index contributed by atoms with van der Waals surface area (Å²) in [5, 5.41) is 10.1. The number of hydrogen-bond donors (Lipinski definition) is 2. The van der Waals surface area contributed by atoms with Gasteiger partial charge in [-0.15, -0.1) is 0 Å². The lowest BCUT2D eigenvalue weighted by Gasteiger charge is -2.18. The molecule has 3 aromatic rings. The van der Waals surface area contributed by atoms with E-state index < -0.39 is 0 Å². The highest BCUT2D eigenvalue weighted by Gasteiger charge is 2.24. The first kappa shape index (κ1) is 18.7. The van der Waals surface area contributed by atoms with Crippen LogP contribution in [-0.4, -0.2) is 34.8 Å². The van der Waals surface area contributed by atoms with Crippen molar-refractivity contribution in [1.82, 2.24) is 15.1 Å². The van der Waals surface area contributed by atoms with Gasteiger partial charge in [-0.2, -0.15) is 5.10 Å². The first-order chi connectivity index (χ1) is 14.1. The van der Waals surface area contributed by atoms with Crippen LogP contribution in [0.2, 0.25) is 0 Å². The van der Waals surface area contributed by atoms with Crippen molar-refractivity contribution in [3.63, 3.8) is 0 Å². The number of aryl methyl sites for hydroxylation is 1. The first-order valence-electron chi connectivity index (χ1n) is 9.67. The highest BCUT2D eigenvalue weighted by atomic mass is 16.2. The Hall–Kier alpha value is -3.61. The molecule has 0 atom stereocenters. The van der Waals surface area contributed by atoms with Crippen LogP contribution in [0.4, 0.5) is 16.2 Å². The van der Waals surface area contributed by atoms with Crippen molar-refractivity contribution in [3.05, 3.63) is 71.5 Å². The zero-order valence-electron chi connectivity index (χ0n) is 16.5. The van der Waals surface area contributed by atoms with Crippen LogP contribution in [-0.2, 0) is 6.42 Å². The SMILES string of the molecule is CCNC(=O)N1CCc2ccc(NC(=O)c3cnn(-c4ccccc4C)c3)cc21. The van der Waals surface area contributed by atoms with E-state index in [0.29, 0.717) is 24.3 Å². The van der Waals surface area contributed by atoms with E-state index in [-0.39, 0.29) is 11.9 Å². The molecule has 0 saturated carbocycles. The van der Waals surface area contributed by atoms with Gasteiger partial charge in [-0.25, -0.2) is 9.48 Å². The van der Waals surface area contributed by atoms with Gasteiger partial charge in [0, 0.05) is 25.0 Å². The van der Waals surface area contributed by atoms with Crippen LogP contribution in [0.5, 0.6) is 0 Å². The summed E-state index contributed by atoms with van der Waals surface area (Å²) in [4.78, 5) is 26.7. The molecule has 0 fully saturated rings. The van der Waals surface area contributed by atoms with E-state index in [2.05, 4.69) is 15.7 Å². The number of fused-ring (bicyclic) bond motifs is 1. The molecule has 1 aromatic heterocycles. The summed E-state index contributed by atoms with van der Waals surface area (Å²) in [6, 6.07) is 13.4. The summed E-state index contributed by atoms with van der Waals surface area (Å²) in [7, 11) is 0. The third-order valence-electron chi connectivity index (χ3n) is 5.02. The number of anilines is 2. The molecule has 0 unspecified atom stereocenters. The number of carbonyl (C=O) groups is 2. The van der Waals surface area contributed by atoms with E-state index in [1.165, 1.54) is 0 Å². The Kier molecular flexibility index (Phi) is 5.03. The summed E-state index contributed by atoms with van der Waals surface area (Å²) in [5.41, 5.74) is 5.06. The van der Waals surface area contributed by atoms with E-state index in [0.717, 1.165) is 28.9 Å². The van der Waals surface area contributed by atoms with Crippen molar-refractivity contribution in [1.29, 1.82) is 0 Å². The largest absolute Gasteiger partial charge is 0.338 e. The molecule has 29 heavy (non-hydrogen) atoms. The second kappa shape index (κ2) is 7.79. The van der Waals surface area contributed by atoms with Gasteiger partial charge in [-0.05, 0) is 49.6 Å². The Morgan fingerprint density at radius 3 is 2.76 bits per heavy atom. The van der Waals surface area contributed by atoms with Gasteiger partial charge in [0.1, 0.15) is 0 Å². The molecule has 7 heteroatoms. The molecule has 7 nitrogen and oxygen atoms in total. The summed E-state index contributed by atoms with van der Waals surface area (Å²) >= 11 is 0.